The zero-order valence-corrected chi connectivity index (χ0v) is 11.0. The Morgan fingerprint density at radius 2 is 2.21 bits per heavy atom. The van der Waals surface area contributed by atoms with Crippen LogP contribution >= 0.6 is 0 Å². The van der Waals surface area contributed by atoms with E-state index < -0.39 is 0 Å². The number of nitrogens with zero attached hydrogens (tertiary/aromatic N) is 2. The van der Waals surface area contributed by atoms with Crippen LogP contribution in [0.15, 0.2) is 24.3 Å². The Morgan fingerprint density at radius 1 is 1.42 bits per heavy atom. The predicted molar refractivity (Wildman–Crippen MR) is 72.8 cm³/mol. The topological polar surface area (TPSA) is 66.6 Å². The van der Waals surface area contributed by atoms with Gasteiger partial charge in [0.15, 0.2) is 0 Å². The van der Waals surface area contributed by atoms with Gasteiger partial charge in [-0.05, 0) is 31.7 Å². The summed E-state index contributed by atoms with van der Waals surface area (Å²) in [4.78, 5) is 12.9. The minimum absolute atomic E-state index is 0.201. The number of piperidine rings is 1. The summed E-state index contributed by atoms with van der Waals surface area (Å²) in [5.74, 6) is 0.515. The molecule has 1 saturated heterocycles. The Labute approximate surface area is 113 Å². The highest BCUT2D eigenvalue weighted by Gasteiger charge is 2.22. The zero-order chi connectivity index (χ0) is 13.7. The molecule has 0 radical (unpaired) electrons. The van der Waals surface area contributed by atoms with Crippen LogP contribution in [0.5, 0.6) is 0 Å². The van der Waals surface area contributed by atoms with E-state index in [1.165, 1.54) is 0 Å². The van der Waals surface area contributed by atoms with Crippen molar-refractivity contribution >= 4 is 5.69 Å². The van der Waals surface area contributed by atoms with Crippen molar-refractivity contribution in [2.75, 3.05) is 19.7 Å². The molecule has 1 aromatic carbocycles. The molecule has 5 heteroatoms. The van der Waals surface area contributed by atoms with Crippen molar-refractivity contribution in [3.05, 3.63) is 39.9 Å². The molecule has 0 saturated carbocycles. The number of likely N-dealkylation sites (tertiary alicyclic amines) is 1. The lowest BCUT2D eigenvalue weighted by atomic mass is 9.95. The van der Waals surface area contributed by atoms with Crippen LogP contribution < -0.4 is 0 Å². The van der Waals surface area contributed by atoms with Gasteiger partial charge in [-0.1, -0.05) is 18.2 Å². The predicted octanol–water partition coefficient (Wildman–Crippen LogP) is 2.19. The summed E-state index contributed by atoms with van der Waals surface area (Å²) >= 11 is 0. The lowest BCUT2D eigenvalue weighted by molar-refractivity contribution is -0.385. The maximum Gasteiger partial charge on any atom is 0.273 e. The van der Waals surface area contributed by atoms with Gasteiger partial charge in [0.25, 0.3) is 5.69 Å². The van der Waals surface area contributed by atoms with Crippen LogP contribution in [0.2, 0.25) is 0 Å². The van der Waals surface area contributed by atoms with Gasteiger partial charge in [0, 0.05) is 31.3 Å². The summed E-state index contributed by atoms with van der Waals surface area (Å²) in [5, 5.41) is 20.0. The van der Waals surface area contributed by atoms with Gasteiger partial charge < -0.3 is 5.11 Å². The molecular formula is C14H20N2O3. The van der Waals surface area contributed by atoms with Gasteiger partial charge in [-0.25, -0.2) is 0 Å². The first-order valence-corrected chi connectivity index (χ1v) is 6.76. The molecular weight excluding hydrogens is 244 g/mol. The van der Waals surface area contributed by atoms with Gasteiger partial charge >= 0.3 is 0 Å². The fourth-order valence-corrected chi connectivity index (χ4v) is 2.78. The molecule has 5 nitrogen and oxygen atoms in total. The van der Waals surface area contributed by atoms with Crippen molar-refractivity contribution in [2.45, 2.75) is 25.8 Å². The largest absolute Gasteiger partial charge is 0.396 e. The second kappa shape index (κ2) is 6.63. The monoisotopic (exact) mass is 264 g/mol. The summed E-state index contributed by atoms with van der Waals surface area (Å²) in [7, 11) is 0. The van der Waals surface area contributed by atoms with Crippen LogP contribution in [-0.4, -0.2) is 34.6 Å². The Balaban J connectivity index is 2.02. The lowest BCUT2D eigenvalue weighted by Crippen LogP contribution is -2.35. The molecule has 1 N–H and O–H groups in total. The van der Waals surface area contributed by atoms with Crippen molar-refractivity contribution in [3.63, 3.8) is 0 Å². The van der Waals surface area contributed by atoms with Gasteiger partial charge in [-0.15, -0.1) is 0 Å². The van der Waals surface area contributed by atoms with Gasteiger partial charge in [0.05, 0.1) is 4.92 Å². The highest BCUT2D eigenvalue weighted by atomic mass is 16.6. The SMILES string of the molecule is O=[N+]([O-])c1ccccc1CN1CCCC(CCO)C1. The van der Waals surface area contributed by atoms with Crippen LogP contribution in [-0.2, 0) is 6.54 Å². The Bertz CT molecular complexity index is 434. The number of nitro groups is 1. The van der Waals surface area contributed by atoms with E-state index in [1.807, 2.05) is 12.1 Å². The molecule has 1 aromatic rings. The van der Waals surface area contributed by atoms with E-state index in [0.29, 0.717) is 12.5 Å². The average Bonchev–Trinajstić information content (AvgIpc) is 2.40. The first kappa shape index (κ1) is 14.0. The molecule has 0 aromatic heterocycles. The Kier molecular flexibility index (Phi) is 4.87. The zero-order valence-electron chi connectivity index (χ0n) is 11.0. The molecule has 0 aliphatic carbocycles. The number of benzene rings is 1. The van der Waals surface area contributed by atoms with Gasteiger partial charge in [-0.2, -0.15) is 0 Å². The normalized spacial score (nSPS) is 20.4. The maximum atomic E-state index is 11.0. The highest BCUT2D eigenvalue weighted by molar-refractivity contribution is 5.39. The van der Waals surface area contributed by atoms with E-state index >= 15 is 0 Å². The minimum Gasteiger partial charge on any atom is -0.396 e. The Morgan fingerprint density at radius 3 is 2.95 bits per heavy atom. The molecule has 0 bridgehead atoms. The number of nitro benzene ring substituents is 1. The molecule has 1 fully saturated rings. The molecule has 0 spiro atoms. The summed E-state index contributed by atoms with van der Waals surface area (Å²) in [6.45, 7) is 2.75. The van der Waals surface area contributed by atoms with Crippen molar-refractivity contribution in [3.8, 4) is 0 Å². The number of aliphatic hydroxyl groups is 1. The van der Waals surface area contributed by atoms with Crippen LogP contribution in [0.1, 0.15) is 24.8 Å². The van der Waals surface area contributed by atoms with E-state index in [9.17, 15) is 10.1 Å². The second-order valence-corrected chi connectivity index (χ2v) is 5.14. The van der Waals surface area contributed by atoms with Crippen molar-refractivity contribution in [1.29, 1.82) is 0 Å². The summed E-state index contributed by atoms with van der Waals surface area (Å²) in [5.41, 5.74) is 0.976. The van der Waals surface area contributed by atoms with Crippen molar-refractivity contribution < 1.29 is 10.0 Å². The number of aliphatic hydroxyl groups excluding tert-OH is 1. The first-order valence-electron chi connectivity index (χ1n) is 6.76. The first-order chi connectivity index (χ1) is 9.20. The van der Waals surface area contributed by atoms with E-state index in [4.69, 9.17) is 5.11 Å². The third kappa shape index (κ3) is 3.75. The summed E-state index contributed by atoms with van der Waals surface area (Å²) in [6.07, 6.45) is 3.08. The molecule has 1 aliphatic heterocycles. The highest BCUT2D eigenvalue weighted by Crippen LogP contribution is 2.24. The van der Waals surface area contributed by atoms with Crippen LogP contribution in [0, 0.1) is 16.0 Å². The third-order valence-electron chi connectivity index (χ3n) is 3.72. The van der Waals surface area contributed by atoms with Gasteiger partial charge in [0.2, 0.25) is 0 Å². The van der Waals surface area contributed by atoms with Crippen LogP contribution in [0.25, 0.3) is 0 Å². The van der Waals surface area contributed by atoms with E-state index in [2.05, 4.69) is 4.90 Å². The van der Waals surface area contributed by atoms with E-state index in [0.717, 1.165) is 37.9 Å². The number of para-hydroxylation sites is 1. The smallest absolute Gasteiger partial charge is 0.273 e. The summed E-state index contributed by atoms with van der Waals surface area (Å²) < 4.78 is 0. The molecule has 2 rings (SSSR count). The van der Waals surface area contributed by atoms with Crippen LogP contribution in [0.4, 0.5) is 5.69 Å². The standard InChI is InChI=1S/C14H20N2O3/c17-9-7-12-4-3-8-15(10-12)11-13-5-1-2-6-14(13)16(18)19/h1-2,5-6,12,17H,3-4,7-11H2. The quantitative estimate of drug-likeness (QED) is 0.654. The fourth-order valence-electron chi connectivity index (χ4n) is 2.78. The van der Waals surface area contributed by atoms with Crippen molar-refractivity contribution in [1.82, 2.24) is 4.90 Å². The number of hydrogen-bond acceptors (Lipinski definition) is 4. The van der Waals surface area contributed by atoms with E-state index in [1.54, 1.807) is 12.1 Å². The number of rotatable bonds is 5. The summed E-state index contributed by atoms with van der Waals surface area (Å²) in [6, 6.07) is 6.93. The van der Waals surface area contributed by atoms with Crippen molar-refractivity contribution in [2.24, 2.45) is 5.92 Å². The molecule has 1 atom stereocenters. The van der Waals surface area contributed by atoms with E-state index in [-0.39, 0.29) is 17.2 Å². The molecule has 19 heavy (non-hydrogen) atoms. The number of hydrogen-bond donors (Lipinski definition) is 1. The second-order valence-electron chi connectivity index (χ2n) is 5.14. The Hall–Kier alpha value is -1.46. The lowest BCUT2D eigenvalue weighted by Gasteiger charge is -2.32. The van der Waals surface area contributed by atoms with Crippen LogP contribution in [0.3, 0.4) is 0 Å². The van der Waals surface area contributed by atoms with Gasteiger partial charge in [-0.3, -0.25) is 15.0 Å². The minimum atomic E-state index is -0.315. The third-order valence-corrected chi connectivity index (χ3v) is 3.72. The molecule has 1 heterocycles. The molecule has 1 unspecified atom stereocenters. The molecule has 104 valence electrons. The molecule has 1 aliphatic rings. The maximum absolute atomic E-state index is 11.0. The fraction of sp³-hybridized carbons (Fsp3) is 0.571. The van der Waals surface area contributed by atoms with Gasteiger partial charge in [0.1, 0.15) is 0 Å². The molecule has 0 amide bonds. The average molecular weight is 264 g/mol.